The fraction of sp³-hybridized carbons (Fsp3) is 0.350. The molecule has 0 heterocycles. The lowest BCUT2D eigenvalue weighted by Crippen LogP contribution is -3.10. The predicted octanol–water partition coefficient (Wildman–Crippen LogP) is 2.03. The highest BCUT2D eigenvalue weighted by Crippen LogP contribution is 2.27. The summed E-state index contributed by atoms with van der Waals surface area (Å²) in [5.74, 6) is -0.321. The predicted molar refractivity (Wildman–Crippen MR) is 92.1 cm³/mol. The van der Waals surface area contributed by atoms with Gasteiger partial charge in [-0.15, -0.1) is 0 Å². The van der Waals surface area contributed by atoms with Crippen LogP contribution in [0.2, 0.25) is 0 Å². The molecule has 3 nitrogen and oxygen atoms in total. The molecule has 0 saturated carbocycles. The van der Waals surface area contributed by atoms with Crippen LogP contribution in [0.3, 0.4) is 0 Å². The largest absolute Gasteiger partial charge is 0.347 e. The van der Waals surface area contributed by atoms with E-state index in [1.54, 1.807) is 18.2 Å². The zero-order chi connectivity index (χ0) is 16.9. The molecule has 2 aromatic carbocycles. The third kappa shape index (κ3) is 3.82. The van der Waals surface area contributed by atoms with Crippen molar-refractivity contribution in [2.45, 2.75) is 31.8 Å². The van der Waals surface area contributed by atoms with Gasteiger partial charge in [0.1, 0.15) is 11.9 Å². The first-order valence-corrected chi connectivity index (χ1v) is 8.55. The Bertz CT molecular complexity index is 716. The van der Waals surface area contributed by atoms with Gasteiger partial charge in [0.15, 0.2) is 6.54 Å². The van der Waals surface area contributed by atoms with Crippen LogP contribution < -0.4 is 10.2 Å². The van der Waals surface area contributed by atoms with Crippen molar-refractivity contribution >= 4 is 5.91 Å². The molecule has 2 aromatic rings. The monoisotopic (exact) mass is 327 g/mol. The lowest BCUT2D eigenvalue weighted by Gasteiger charge is -2.30. The summed E-state index contributed by atoms with van der Waals surface area (Å²) in [5, 5.41) is 2.83. The van der Waals surface area contributed by atoms with E-state index in [1.165, 1.54) is 22.1 Å². The maximum Gasteiger partial charge on any atom is 0.275 e. The SMILES string of the molecule is C[NH+](CC(=O)NCc1ccccc1F)[C@H]1CCCc2ccccc21. The number of likely N-dealkylation sites (N-methyl/N-ethyl adjacent to an activating group) is 1. The van der Waals surface area contributed by atoms with Gasteiger partial charge in [0, 0.05) is 24.1 Å². The molecule has 1 aliphatic rings. The molecule has 1 aliphatic carbocycles. The number of amides is 1. The van der Waals surface area contributed by atoms with Crippen LogP contribution in [-0.4, -0.2) is 19.5 Å². The molecule has 0 aromatic heterocycles. The van der Waals surface area contributed by atoms with Gasteiger partial charge in [0.05, 0.1) is 7.05 Å². The molecule has 2 atom stereocenters. The quantitative estimate of drug-likeness (QED) is 0.866. The Morgan fingerprint density at radius 3 is 2.79 bits per heavy atom. The molecular formula is C20H24FN2O+. The van der Waals surface area contributed by atoms with Gasteiger partial charge in [-0.1, -0.05) is 42.5 Å². The molecule has 0 aliphatic heterocycles. The molecule has 0 saturated heterocycles. The minimum Gasteiger partial charge on any atom is -0.347 e. The maximum atomic E-state index is 13.6. The van der Waals surface area contributed by atoms with E-state index in [-0.39, 0.29) is 18.3 Å². The third-order valence-electron chi connectivity index (χ3n) is 4.84. The number of benzene rings is 2. The number of fused-ring (bicyclic) bond motifs is 1. The van der Waals surface area contributed by atoms with E-state index in [1.807, 2.05) is 0 Å². The van der Waals surface area contributed by atoms with Gasteiger partial charge in [-0.2, -0.15) is 0 Å². The zero-order valence-electron chi connectivity index (χ0n) is 14.0. The van der Waals surface area contributed by atoms with Crippen molar-refractivity contribution in [3.8, 4) is 0 Å². The van der Waals surface area contributed by atoms with Crippen LogP contribution in [0.4, 0.5) is 4.39 Å². The fourth-order valence-electron chi connectivity index (χ4n) is 3.54. The van der Waals surface area contributed by atoms with Crippen molar-refractivity contribution in [2.24, 2.45) is 0 Å². The summed E-state index contributed by atoms with van der Waals surface area (Å²) in [6.07, 6.45) is 3.39. The average Bonchev–Trinajstić information content (AvgIpc) is 2.60. The third-order valence-corrected chi connectivity index (χ3v) is 4.84. The Kier molecular flexibility index (Phi) is 5.26. The number of hydrogen-bond donors (Lipinski definition) is 2. The number of hydrogen-bond acceptors (Lipinski definition) is 1. The molecule has 0 radical (unpaired) electrons. The van der Waals surface area contributed by atoms with Crippen LogP contribution >= 0.6 is 0 Å². The molecule has 1 amide bonds. The van der Waals surface area contributed by atoms with Crippen LogP contribution in [0.1, 0.15) is 35.6 Å². The summed E-state index contributed by atoms with van der Waals surface area (Å²) in [7, 11) is 2.06. The first-order valence-electron chi connectivity index (χ1n) is 8.55. The Morgan fingerprint density at radius 2 is 1.96 bits per heavy atom. The van der Waals surface area contributed by atoms with Gasteiger partial charge in [-0.05, 0) is 24.5 Å². The summed E-state index contributed by atoms with van der Waals surface area (Å²) in [5.41, 5.74) is 3.29. The van der Waals surface area contributed by atoms with Gasteiger partial charge in [0.2, 0.25) is 0 Å². The fourth-order valence-corrected chi connectivity index (χ4v) is 3.54. The second-order valence-corrected chi connectivity index (χ2v) is 6.53. The standard InChI is InChI=1S/C20H23FN2O/c1-23(19-12-6-9-15-7-2-4-10-17(15)19)14-20(24)22-13-16-8-3-5-11-18(16)21/h2-5,7-8,10-11,19H,6,9,12-14H2,1H3,(H,22,24)/p+1/t19-/m0/s1. The molecule has 24 heavy (non-hydrogen) atoms. The van der Waals surface area contributed by atoms with Gasteiger partial charge in [0.25, 0.3) is 5.91 Å². The van der Waals surface area contributed by atoms with Crippen molar-refractivity contribution in [1.82, 2.24) is 5.32 Å². The van der Waals surface area contributed by atoms with E-state index in [0.29, 0.717) is 18.2 Å². The minimum absolute atomic E-state index is 0.0428. The van der Waals surface area contributed by atoms with Crippen molar-refractivity contribution in [1.29, 1.82) is 0 Å². The highest BCUT2D eigenvalue weighted by atomic mass is 19.1. The Morgan fingerprint density at radius 1 is 1.21 bits per heavy atom. The second-order valence-electron chi connectivity index (χ2n) is 6.53. The minimum atomic E-state index is -0.278. The van der Waals surface area contributed by atoms with Crippen molar-refractivity contribution < 1.29 is 14.1 Å². The van der Waals surface area contributed by atoms with Crippen LogP contribution in [0, 0.1) is 5.82 Å². The van der Waals surface area contributed by atoms with Gasteiger partial charge in [-0.3, -0.25) is 4.79 Å². The molecule has 0 bridgehead atoms. The lowest BCUT2D eigenvalue weighted by molar-refractivity contribution is -0.905. The lowest BCUT2D eigenvalue weighted by atomic mass is 9.87. The Hall–Kier alpha value is -2.20. The van der Waals surface area contributed by atoms with Crippen LogP contribution in [-0.2, 0) is 17.8 Å². The number of nitrogens with one attached hydrogen (secondary N) is 2. The van der Waals surface area contributed by atoms with Gasteiger partial charge in [-0.25, -0.2) is 4.39 Å². The van der Waals surface area contributed by atoms with E-state index >= 15 is 0 Å². The topological polar surface area (TPSA) is 33.5 Å². The molecule has 126 valence electrons. The van der Waals surface area contributed by atoms with Gasteiger partial charge >= 0.3 is 0 Å². The van der Waals surface area contributed by atoms with E-state index in [2.05, 4.69) is 36.6 Å². The summed E-state index contributed by atoms with van der Waals surface area (Å²) >= 11 is 0. The number of quaternary nitrogens is 1. The van der Waals surface area contributed by atoms with Crippen molar-refractivity contribution in [3.63, 3.8) is 0 Å². The number of halogens is 1. The van der Waals surface area contributed by atoms with E-state index in [4.69, 9.17) is 0 Å². The number of rotatable bonds is 5. The summed E-state index contributed by atoms with van der Waals surface area (Å²) in [4.78, 5) is 13.4. The van der Waals surface area contributed by atoms with Crippen LogP contribution in [0.5, 0.6) is 0 Å². The second kappa shape index (κ2) is 7.58. The average molecular weight is 327 g/mol. The highest BCUT2D eigenvalue weighted by molar-refractivity contribution is 5.76. The summed E-state index contributed by atoms with van der Waals surface area (Å²) in [6, 6.07) is 15.4. The highest BCUT2D eigenvalue weighted by Gasteiger charge is 2.27. The van der Waals surface area contributed by atoms with Crippen LogP contribution in [0.15, 0.2) is 48.5 Å². The number of carbonyl (C=O) groups is 1. The van der Waals surface area contributed by atoms with E-state index in [0.717, 1.165) is 19.3 Å². The molecule has 4 heteroatoms. The molecule has 1 unspecified atom stereocenters. The van der Waals surface area contributed by atoms with Gasteiger partial charge < -0.3 is 10.2 Å². The normalized spacial score (nSPS) is 17.8. The summed E-state index contributed by atoms with van der Waals surface area (Å²) in [6.45, 7) is 0.632. The molecule has 0 spiro atoms. The zero-order valence-corrected chi connectivity index (χ0v) is 14.0. The smallest absolute Gasteiger partial charge is 0.275 e. The Labute approximate surface area is 142 Å². The molecule has 3 rings (SSSR count). The molecule has 0 fully saturated rings. The van der Waals surface area contributed by atoms with Crippen LogP contribution in [0.25, 0.3) is 0 Å². The number of carbonyl (C=O) groups excluding carboxylic acids is 1. The first kappa shape index (κ1) is 16.7. The molecule has 2 N–H and O–H groups in total. The van der Waals surface area contributed by atoms with E-state index < -0.39 is 0 Å². The van der Waals surface area contributed by atoms with E-state index in [9.17, 15) is 9.18 Å². The molecular weight excluding hydrogens is 303 g/mol. The first-order chi connectivity index (χ1) is 11.6. The van der Waals surface area contributed by atoms with Crippen molar-refractivity contribution in [2.75, 3.05) is 13.6 Å². The van der Waals surface area contributed by atoms with Crippen molar-refractivity contribution in [3.05, 3.63) is 71.0 Å². The summed E-state index contributed by atoms with van der Waals surface area (Å²) < 4.78 is 13.6. The number of aryl methyl sites for hydroxylation is 1. The maximum absolute atomic E-state index is 13.6. The Balaban J connectivity index is 1.58.